The van der Waals surface area contributed by atoms with Gasteiger partial charge in [-0.3, -0.25) is 0 Å². The fraction of sp³-hybridized carbons (Fsp3) is 0. The van der Waals surface area contributed by atoms with E-state index in [1.54, 1.807) is 0 Å². The maximum Gasteiger partial charge on any atom is 0.0467 e. The summed E-state index contributed by atoms with van der Waals surface area (Å²) in [4.78, 5) is 2.43. The van der Waals surface area contributed by atoms with E-state index in [0.29, 0.717) is 0 Å². The molecule has 0 aliphatic heterocycles. The molecule has 0 saturated carbocycles. The highest BCUT2D eigenvalue weighted by Crippen LogP contribution is 2.45. The largest absolute Gasteiger partial charge is 0.310 e. The van der Waals surface area contributed by atoms with Crippen LogP contribution in [0.2, 0.25) is 0 Å². The van der Waals surface area contributed by atoms with E-state index >= 15 is 0 Å². The highest BCUT2D eigenvalue weighted by Gasteiger charge is 2.19. The van der Waals surface area contributed by atoms with Crippen LogP contribution in [0.4, 0.5) is 17.1 Å². The third kappa shape index (κ3) is 5.43. The van der Waals surface area contributed by atoms with Crippen LogP contribution in [0.3, 0.4) is 0 Å². The van der Waals surface area contributed by atoms with Gasteiger partial charge in [-0.15, -0.1) is 22.7 Å². The lowest BCUT2D eigenvalue weighted by atomic mass is 9.96. The summed E-state index contributed by atoms with van der Waals surface area (Å²) in [6.07, 6.45) is 0. The zero-order valence-corrected chi connectivity index (χ0v) is 31.4. The Bertz CT molecular complexity index is 3080. The summed E-state index contributed by atoms with van der Waals surface area (Å²) in [6, 6.07) is 73.5. The van der Waals surface area contributed by atoms with Crippen molar-refractivity contribution in [3.63, 3.8) is 0 Å². The first kappa shape index (κ1) is 32.0. The van der Waals surface area contributed by atoms with Crippen LogP contribution < -0.4 is 4.90 Å². The Morgan fingerprint density at radius 3 is 1.22 bits per heavy atom. The van der Waals surface area contributed by atoms with E-state index in [-0.39, 0.29) is 0 Å². The van der Waals surface area contributed by atoms with Crippen LogP contribution in [0.5, 0.6) is 0 Å². The van der Waals surface area contributed by atoms with Crippen molar-refractivity contribution in [3.8, 4) is 33.4 Å². The van der Waals surface area contributed by atoms with Crippen molar-refractivity contribution in [1.82, 2.24) is 0 Å². The SMILES string of the molecule is c1cc(-c2cccc3ccccc23)cc(N(c2cccc(-c3cccc4sc5ccccc5c34)c2)c2cccc(-c3cccc4sc5ccccc5c34)c2)c1. The fourth-order valence-corrected chi connectivity index (χ4v) is 10.7. The lowest BCUT2D eigenvalue weighted by Gasteiger charge is -2.27. The summed E-state index contributed by atoms with van der Waals surface area (Å²) < 4.78 is 5.26. The van der Waals surface area contributed by atoms with Gasteiger partial charge < -0.3 is 4.90 Å². The molecule has 9 aromatic carbocycles. The second kappa shape index (κ2) is 13.1. The van der Waals surface area contributed by atoms with Gasteiger partial charge in [-0.1, -0.05) is 140 Å². The average molecular weight is 736 g/mol. The van der Waals surface area contributed by atoms with E-state index in [9.17, 15) is 0 Å². The Hall–Kier alpha value is -6.52. The first-order valence-corrected chi connectivity index (χ1v) is 20.3. The Balaban J connectivity index is 1.12. The fourth-order valence-electron chi connectivity index (χ4n) is 8.39. The predicted molar refractivity (Wildman–Crippen MR) is 241 cm³/mol. The van der Waals surface area contributed by atoms with Gasteiger partial charge in [0.1, 0.15) is 0 Å². The Kier molecular flexibility index (Phi) is 7.61. The van der Waals surface area contributed by atoms with Crippen molar-refractivity contribution in [2.75, 3.05) is 4.90 Å². The van der Waals surface area contributed by atoms with Gasteiger partial charge in [0, 0.05) is 57.4 Å². The zero-order chi connectivity index (χ0) is 36.3. The van der Waals surface area contributed by atoms with E-state index in [2.05, 4.69) is 205 Å². The van der Waals surface area contributed by atoms with E-state index < -0.39 is 0 Å². The van der Waals surface area contributed by atoms with E-state index in [4.69, 9.17) is 0 Å². The molecule has 0 unspecified atom stereocenters. The standard InChI is InChI=1S/C52H33NS2/c1-2-21-41-34(13-1)14-10-24-42(41)35-15-7-18-38(31-35)53(39-19-8-16-36(32-39)43-25-11-29-49-51(43)45-22-3-5-27-47(45)54-49)40-20-9-17-37(33-40)44-26-12-30-50-52(44)46-23-4-6-28-48(46)55-50/h1-33H. The molecule has 1 nitrogen and oxygen atoms in total. The Labute approximate surface area is 327 Å². The van der Waals surface area contributed by atoms with E-state index in [0.717, 1.165) is 17.1 Å². The molecule has 3 heteroatoms. The van der Waals surface area contributed by atoms with Crippen LogP contribution in [0.15, 0.2) is 200 Å². The van der Waals surface area contributed by atoms with Crippen molar-refractivity contribution in [2.45, 2.75) is 0 Å². The third-order valence-electron chi connectivity index (χ3n) is 10.8. The zero-order valence-electron chi connectivity index (χ0n) is 29.8. The van der Waals surface area contributed by atoms with Gasteiger partial charge in [0.05, 0.1) is 0 Å². The number of nitrogens with zero attached hydrogens (tertiary/aromatic N) is 1. The van der Waals surface area contributed by atoms with Crippen molar-refractivity contribution in [1.29, 1.82) is 0 Å². The molecule has 0 atom stereocenters. The molecule has 11 aromatic rings. The first-order valence-electron chi connectivity index (χ1n) is 18.7. The lowest BCUT2D eigenvalue weighted by molar-refractivity contribution is 1.28. The summed E-state index contributed by atoms with van der Waals surface area (Å²) >= 11 is 3.73. The van der Waals surface area contributed by atoms with Gasteiger partial charge in [-0.25, -0.2) is 0 Å². The lowest BCUT2D eigenvalue weighted by Crippen LogP contribution is -2.10. The van der Waals surface area contributed by atoms with Gasteiger partial charge in [-0.2, -0.15) is 0 Å². The maximum atomic E-state index is 2.43. The normalized spacial score (nSPS) is 11.6. The minimum Gasteiger partial charge on any atom is -0.310 e. The quantitative estimate of drug-likeness (QED) is 0.164. The summed E-state index contributed by atoms with van der Waals surface area (Å²) in [5, 5.41) is 7.76. The van der Waals surface area contributed by atoms with Crippen LogP contribution >= 0.6 is 22.7 Å². The van der Waals surface area contributed by atoms with Gasteiger partial charge in [-0.05, 0) is 105 Å². The molecular formula is C52H33NS2. The molecule has 55 heavy (non-hydrogen) atoms. The van der Waals surface area contributed by atoms with Gasteiger partial charge >= 0.3 is 0 Å². The molecule has 0 bridgehead atoms. The number of hydrogen-bond donors (Lipinski definition) is 0. The highest BCUT2D eigenvalue weighted by atomic mass is 32.1. The van der Waals surface area contributed by atoms with Crippen molar-refractivity contribution >= 4 is 90.9 Å². The maximum absolute atomic E-state index is 2.43. The smallest absolute Gasteiger partial charge is 0.0467 e. The molecule has 0 spiro atoms. The molecule has 0 fully saturated rings. The minimum atomic E-state index is 1.11. The molecule has 11 rings (SSSR count). The van der Waals surface area contributed by atoms with Gasteiger partial charge in [0.15, 0.2) is 0 Å². The number of thiophene rings is 2. The number of anilines is 3. The molecule has 2 aromatic heterocycles. The van der Waals surface area contributed by atoms with Crippen molar-refractivity contribution in [2.24, 2.45) is 0 Å². The molecule has 0 aliphatic carbocycles. The average Bonchev–Trinajstić information content (AvgIpc) is 3.83. The molecule has 0 saturated heterocycles. The molecular weight excluding hydrogens is 703 g/mol. The van der Waals surface area contributed by atoms with Crippen molar-refractivity contribution in [3.05, 3.63) is 200 Å². The minimum absolute atomic E-state index is 1.11. The number of benzene rings is 9. The first-order chi connectivity index (χ1) is 27.3. The van der Waals surface area contributed by atoms with Crippen molar-refractivity contribution < 1.29 is 0 Å². The van der Waals surface area contributed by atoms with Crippen LogP contribution in [0, 0.1) is 0 Å². The second-order valence-corrected chi connectivity index (χ2v) is 16.2. The van der Waals surface area contributed by atoms with Crippen LogP contribution in [-0.2, 0) is 0 Å². The van der Waals surface area contributed by atoms with Gasteiger partial charge in [0.2, 0.25) is 0 Å². The number of rotatable bonds is 6. The summed E-state index contributed by atoms with van der Waals surface area (Å²) in [7, 11) is 0. The van der Waals surface area contributed by atoms with E-state index in [1.807, 2.05) is 22.7 Å². The molecule has 0 aliphatic rings. The monoisotopic (exact) mass is 735 g/mol. The predicted octanol–water partition coefficient (Wildman–Crippen LogP) is 16.0. The summed E-state index contributed by atoms with van der Waals surface area (Å²) in [5.41, 5.74) is 10.7. The van der Waals surface area contributed by atoms with E-state index in [1.165, 1.54) is 84.5 Å². The Morgan fingerprint density at radius 1 is 0.291 bits per heavy atom. The van der Waals surface area contributed by atoms with Crippen LogP contribution in [0.1, 0.15) is 0 Å². The Morgan fingerprint density at radius 2 is 0.673 bits per heavy atom. The second-order valence-electron chi connectivity index (χ2n) is 14.1. The number of fused-ring (bicyclic) bond motifs is 7. The third-order valence-corrected chi connectivity index (χ3v) is 13.1. The summed E-state index contributed by atoms with van der Waals surface area (Å²) in [6.45, 7) is 0. The highest BCUT2D eigenvalue weighted by molar-refractivity contribution is 7.26. The summed E-state index contributed by atoms with van der Waals surface area (Å²) in [5.74, 6) is 0. The topological polar surface area (TPSA) is 3.24 Å². The van der Waals surface area contributed by atoms with Crippen LogP contribution in [0.25, 0.3) is 84.5 Å². The molecule has 0 radical (unpaired) electrons. The number of hydrogen-bond acceptors (Lipinski definition) is 3. The molecule has 0 amide bonds. The van der Waals surface area contributed by atoms with Crippen LogP contribution in [-0.4, -0.2) is 0 Å². The van der Waals surface area contributed by atoms with Gasteiger partial charge in [0.25, 0.3) is 0 Å². The molecule has 258 valence electrons. The molecule has 2 heterocycles. The molecule has 0 N–H and O–H groups in total.